The summed E-state index contributed by atoms with van der Waals surface area (Å²) in [5.41, 5.74) is 0.602. The Balaban J connectivity index is 2.28. The molecule has 0 unspecified atom stereocenters. The van der Waals surface area contributed by atoms with Gasteiger partial charge in [-0.1, -0.05) is 11.6 Å². The Kier molecular flexibility index (Phi) is 3.44. The van der Waals surface area contributed by atoms with Gasteiger partial charge in [0, 0.05) is 10.7 Å². The van der Waals surface area contributed by atoms with E-state index in [9.17, 15) is 9.18 Å². The number of carbonyl (C=O) groups is 1. The first kappa shape index (κ1) is 12.1. The first-order valence-electron chi connectivity index (χ1n) is 4.53. The van der Waals surface area contributed by atoms with Crippen molar-refractivity contribution >= 4 is 39.1 Å². The summed E-state index contributed by atoms with van der Waals surface area (Å²) in [6.07, 6.45) is 1.45. The highest BCUT2D eigenvalue weighted by Gasteiger charge is 2.13. The van der Waals surface area contributed by atoms with Crippen LogP contribution in [0.2, 0.25) is 5.02 Å². The molecular weight excluding hydrogens is 312 g/mol. The predicted molar refractivity (Wildman–Crippen MR) is 65.7 cm³/mol. The second-order valence-corrected chi connectivity index (χ2v) is 4.43. The first-order chi connectivity index (χ1) is 8.08. The number of carbonyl (C=O) groups excluding carboxylic acids is 1. The largest absolute Gasteiger partial charge is 0.318 e. The molecule has 4 nitrogen and oxygen atoms in total. The highest BCUT2D eigenvalue weighted by Crippen LogP contribution is 2.31. The minimum atomic E-state index is -0.485. The molecule has 7 heteroatoms. The number of halogens is 3. The van der Waals surface area contributed by atoms with Crippen LogP contribution in [-0.4, -0.2) is 16.1 Å². The van der Waals surface area contributed by atoms with Crippen LogP contribution in [0.15, 0.2) is 28.9 Å². The maximum absolute atomic E-state index is 13.0. The topological polar surface area (TPSA) is 57.8 Å². The van der Waals surface area contributed by atoms with Crippen LogP contribution in [0.25, 0.3) is 0 Å². The van der Waals surface area contributed by atoms with Crippen molar-refractivity contribution in [1.29, 1.82) is 0 Å². The second-order valence-electron chi connectivity index (χ2n) is 3.17. The van der Waals surface area contributed by atoms with E-state index < -0.39 is 11.7 Å². The molecule has 0 saturated heterocycles. The second kappa shape index (κ2) is 4.85. The fourth-order valence-corrected chi connectivity index (χ4v) is 2.12. The van der Waals surface area contributed by atoms with Gasteiger partial charge in [-0.25, -0.2) is 4.39 Å². The molecule has 0 aliphatic carbocycles. The average molecular weight is 319 g/mol. The van der Waals surface area contributed by atoms with Crippen LogP contribution in [0.4, 0.5) is 10.1 Å². The number of rotatable bonds is 2. The van der Waals surface area contributed by atoms with Crippen molar-refractivity contribution in [1.82, 2.24) is 10.2 Å². The van der Waals surface area contributed by atoms with Crippen LogP contribution >= 0.6 is 27.5 Å². The maximum atomic E-state index is 13.0. The summed E-state index contributed by atoms with van der Waals surface area (Å²) in [4.78, 5) is 11.7. The minimum Gasteiger partial charge on any atom is -0.318 e. The third kappa shape index (κ3) is 2.65. The molecule has 0 aliphatic rings. The van der Waals surface area contributed by atoms with Crippen molar-refractivity contribution in [3.05, 3.63) is 45.4 Å². The van der Waals surface area contributed by atoms with Gasteiger partial charge in [-0.2, -0.15) is 5.10 Å². The Bertz CT molecular complexity index is 536. The van der Waals surface area contributed by atoms with Gasteiger partial charge in [-0.05, 0) is 34.1 Å². The standard InChI is InChI=1S/C10H6BrClFN3O/c11-6-3-5(13)4-7(12)9(6)15-10(17)8-1-2-14-16-8/h1-4H,(H,14,16)(H,15,17). The molecule has 2 aromatic rings. The molecular formula is C10H6BrClFN3O. The quantitative estimate of drug-likeness (QED) is 0.893. The Labute approximate surface area is 109 Å². The molecule has 1 amide bonds. The Morgan fingerprint density at radius 3 is 2.88 bits per heavy atom. The normalized spacial score (nSPS) is 10.3. The maximum Gasteiger partial charge on any atom is 0.273 e. The summed E-state index contributed by atoms with van der Waals surface area (Å²) in [7, 11) is 0. The van der Waals surface area contributed by atoms with Gasteiger partial charge in [0.2, 0.25) is 0 Å². The summed E-state index contributed by atoms with van der Waals surface area (Å²) in [6.45, 7) is 0. The molecule has 1 heterocycles. The van der Waals surface area contributed by atoms with Gasteiger partial charge < -0.3 is 5.32 Å². The fraction of sp³-hybridized carbons (Fsp3) is 0. The van der Waals surface area contributed by atoms with E-state index >= 15 is 0 Å². The number of nitrogens with one attached hydrogen (secondary N) is 2. The van der Waals surface area contributed by atoms with E-state index in [1.807, 2.05) is 0 Å². The number of aromatic nitrogens is 2. The van der Waals surface area contributed by atoms with Crippen LogP contribution in [0.1, 0.15) is 10.5 Å². The third-order valence-electron chi connectivity index (χ3n) is 1.99. The lowest BCUT2D eigenvalue weighted by atomic mass is 10.3. The number of anilines is 1. The monoisotopic (exact) mass is 317 g/mol. The molecule has 1 aromatic carbocycles. The smallest absolute Gasteiger partial charge is 0.273 e. The van der Waals surface area contributed by atoms with Crippen LogP contribution in [0.5, 0.6) is 0 Å². The molecule has 0 atom stereocenters. The van der Waals surface area contributed by atoms with Crippen LogP contribution in [0.3, 0.4) is 0 Å². The number of nitrogens with zero attached hydrogens (tertiary/aromatic N) is 1. The van der Waals surface area contributed by atoms with E-state index in [1.165, 1.54) is 18.3 Å². The lowest BCUT2D eigenvalue weighted by Crippen LogP contribution is -2.13. The van der Waals surface area contributed by atoms with Gasteiger partial charge in [0.25, 0.3) is 5.91 Å². The molecule has 0 fully saturated rings. The van der Waals surface area contributed by atoms with E-state index in [0.29, 0.717) is 10.2 Å². The molecule has 88 valence electrons. The Morgan fingerprint density at radius 2 is 2.29 bits per heavy atom. The van der Waals surface area contributed by atoms with E-state index in [1.54, 1.807) is 0 Å². The Hall–Kier alpha value is -1.40. The molecule has 0 aliphatic heterocycles. The number of H-pyrrole nitrogens is 1. The lowest BCUT2D eigenvalue weighted by molar-refractivity contribution is 0.102. The fourth-order valence-electron chi connectivity index (χ4n) is 1.22. The summed E-state index contributed by atoms with van der Waals surface area (Å²) < 4.78 is 13.3. The summed E-state index contributed by atoms with van der Waals surface area (Å²) in [6, 6.07) is 3.85. The average Bonchev–Trinajstić information content (AvgIpc) is 2.76. The van der Waals surface area contributed by atoms with Gasteiger partial charge >= 0.3 is 0 Å². The molecule has 0 bridgehead atoms. The molecule has 0 saturated carbocycles. The summed E-state index contributed by atoms with van der Waals surface area (Å²) in [5, 5.41) is 8.83. The zero-order valence-electron chi connectivity index (χ0n) is 8.30. The van der Waals surface area contributed by atoms with Gasteiger partial charge in [0.15, 0.2) is 0 Å². The molecule has 2 N–H and O–H groups in total. The van der Waals surface area contributed by atoms with Crippen LogP contribution in [-0.2, 0) is 0 Å². The SMILES string of the molecule is O=C(Nc1c(Cl)cc(F)cc1Br)c1ccn[nH]1. The number of hydrogen-bond donors (Lipinski definition) is 2. The van der Waals surface area contributed by atoms with E-state index in [-0.39, 0.29) is 10.7 Å². The Morgan fingerprint density at radius 1 is 1.53 bits per heavy atom. The molecule has 0 radical (unpaired) electrons. The van der Waals surface area contributed by atoms with Crippen LogP contribution < -0.4 is 5.32 Å². The number of aromatic amines is 1. The summed E-state index contributed by atoms with van der Waals surface area (Å²) in [5.74, 6) is -0.891. The van der Waals surface area contributed by atoms with Gasteiger partial charge in [-0.3, -0.25) is 9.89 Å². The van der Waals surface area contributed by atoms with Crippen molar-refractivity contribution in [3.8, 4) is 0 Å². The summed E-state index contributed by atoms with van der Waals surface area (Å²) >= 11 is 8.95. The minimum absolute atomic E-state index is 0.116. The van der Waals surface area contributed by atoms with Gasteiger partial charge in [0.1, 0.15) is 11.5 Å². The van der Waals surface area contributed by atoms with E-state index in [0.717, 1.165) is 6.07 Å². The number of benzene rings is 1. The van der Waals surface area contributed by atoms with Crippen molar-refractivity contribution in [2.24, 2.45) is 0 Å². The van der Waals surface area contributed by atoms with Gasteiger partial charge in [0.05, 0.1) is 10.7 Å². The lowest BCUT2D eigenvalue weighted by Gasteiger charge is -2.08. The molecule has 2 rings (SSSR count). The first-order valence-corrected chi connectivity index (χ1v) is 5.70. The van der Waals surface area contributed by atoms with Crippen molar-refractivity contribution in [2.75, 3.05) is 5.32 Å². The molecule has 17 heavy (non-hydrogen) atoms. The zero-order valence-corrected chi connectivity index (χ0v) is 10.6. The predicted octanol–water partition coefficient (Wildman–Crippen LogP) is 3.22. The third-order valence-corrected chi connectivity index (χ3v) is 2.91. The highest BCUT2D eigenvalue weighted by molar-refractivity contribution is 9.10. The van der Waals surface area contributed by atoms with E-state index in [2.05, 4.69) is 31.4 Å². The molecule has 1 aromatic heterocycles. The van der Waals surface area contributed by atoms with Gasteiger partial charge in [-0.15, -0.1) is 0 Å². The van der Waals surface area contributed by atoms with Crippen molar-refractivity contribution < 1.29 is 9.18 Å². The van der Waals surface area contributed by atoms with Crippen LogP contribution in [0, 0.1) is 5.82 Å². The highest BCUT2D eigenvalue weighted by atomic mass is 79.9. The zero-order chi connectivity index (χ0) is 12.4. The molecule has 0 spiro atoms. The number of hydrogen-bond acceptors (Lipinski definition) is 2. The van der Waals surface area contributed by atoms with E-state index in [4.69, 9.17) is 11.6 Å². The number of amides is 1. The van der Waals surface area contributed by atoms with Crippen molar-refractivity contribution in [3.63, 3.8) is 0 Å². The van der Waals surface area contributed by atoms with Crippen molar-refractivity contribution in [2.45, 2.75) is 0 Å².